The van der Waals surface area contributed by atoms with Crippen LogP contribution < -0.4 is 0 Å². The minimum Gasteiger partial charge on any atom is -0.478 e. The molecule has 0 fully saturated rings. The molecule has 2 N–H and O–H groups in total. The zero-order chi connectivity index (χ0) is 25.6. The Kier molecular flexibility index (Phi) is 7.12. The van der Waals surface area contributed by atoms with E-state index in [-0.39, 0.29) is 0 Å². The SMILES string of the molecule is CCCc1nc(CCc2ccc(C(=O)O)cc2)n(Cc2ccc(-c3ccccc3-c3nn[nH]n3)cc2)n1. The average Bonchev–Trinajstić information content (AvgIpc) is 3.59. The number of rotatable bonds is 10. The van der Waals surface area contributed by atoms with Gasteiger partial charge in [0.25, 0.3) is 0 Å². The van der Waals surface area contributed by atoms with Crippen molar-refractivity contribution in [1.82, 2.24) is 35.4 Å². The Morgan fingerprint density at radius 2 is 1.62 bits per heavy atom. The Hall–Kier alpha value is -4.66. The number of carboxylic acids is 1. The van der Waals surface area contributed by atoms with Crippen LogP contribution in [0.4, 0.5) is 0 Å². The predicted molar refractivity (Wildman–Crippen MR) is 139 cm³/mol. The number of aromatic amines is 1. The maximum atomic E-state index is 11.1. The molecule has 0 aliphatic rings. The molecule has 0 aliphatic carbocycles. The maximum absolute atomic E-state index is 11.1. The molecule has 0 radical (unpaired) electrons. The van der Waals surface area contributed by atoms with Crippen molar-refractivity contribution in [3.05, 3.63) is 101 Å². The van der Waals surface area contributed by atoms with Gasteiger partial charge in [0.1, 0.15) is 5.82 Å². The summed E-state index contributed by atoms with van der Waals surface area (Å²) >= 11 is 0. The number of H-pyrrole nitrogens is 1. The maximum Gasteiger partial charge on any atom is 0.335 e. The fourth-order valence-corrected chi connectivity index (χ4v) is 4.31. The van der Waals surface area contributed by atoms with E-state index in [1.807, 2.05) is 35.0 Å². The number of nitrogens with zero attached hydrogens (tertiary/aromatic N) is 6. The van der Waals surface area contributed by atoms with Crippen LogP contribution in [0.15, 0.2) is 72.8 Å². The summed E-state index contributed by atoms with van der Waals surface area (Å²) in [5, 5.41) is 28.4. The van der Waals surface area contributed by atoms with E-state index in [4.69, 9.17) is 15.2 Å². The second kappa shape index (κ2) is 10.9. The molecule has 0 bridgehead atoms. The summed E-state index contributed by atoms with van der Waals surface area (Å²) < 4.78 is 1.98. The zero-order valence-electron chi connectivity index (χ0n) is 20.5. The van der Waals surface area contributed by atoms with Gasteiger partial charge in [0.2, 0.25) is 5.82 Å². The predicted octanol–water partition coefficient (Wildman–Crippen LogP) is 4.61. The summed E-state index contributed by atoms with van der Waals surface area (Å²) in [6.45, 7) is 2.74. The highest BCUT2D eigenvalue weighted by molar-refractivity contribution is 5.87. The molecule has 2 heterocycles. The molecule has 0 saturated carbocycles. The van der Waals surface area contributed by atoms with Gasteiger partial charge >= 0.3 is 5.97 Å². The molecular formula is C28H27N7O2. The lowest BCUT2D eigenvalue weighted by molar-refractivity contribution is 0.0697. The first-order valence-corrected chi connectivity index (χ1v) is 12.3. The molecular weight excluding hydrogens is 466 g/mol. The van der Waals surface area contributed by atoms with Crippen molar-refractivity contribution in [3.8, 4) is 22.5 Å². The number of hydrogen-bond acceptors (Lipinski definition) is 6. The van der Waals surface area contributed by atoms with Gasteiger partial charge in [-0.1, -0.05) is 67.6 Å². The summed E-state index contributed by atoms with van der Waals surface area (Å²) in [7, 11) is 0. The van der Waals surface area contributed by atoms with Crippen LogP contribution in [-0.2, 0) is 25.8 Å². The largest absolute Gasteiger partial charge is 0.478 e. The quantitative estimate of drug-likeness (QED) is 0.291. The molecule has 2 aromatic heterocycles. The van der Waals surface area contributed by atoms with Gasteiger partial charge in [-0.15, -0.1) is 10.2 Å². The Morgan fingerprint density at radius 1 is 0.892 bits per heavy atom. The molecule has 0 spiro atoms. The Balaban J connectivity index is 1.33. The first-order valence-electron chi connectivity index (χ1n) is 12.3. The summed E-state index contributed by atoms with van der Waals surface area (Å²) in [6.07, 6.45) is 3.29. The van der Waals surface area contributed by atoms with Gasteiger partial charge in [0.05, 0.1) is 12.1 Å². The standard InChI is InChI=1S/C28H27N7O2/c1-2-5-25-29-26(17-12-19-8-15-22(16-9-19)28(36)37)35(32-25)18-20-10-13-21(14-11-20)23-6-3-4-7-24(23)27-30-33-34-31-27/h3-4,6-11,13-16H,2,5,12,17-18H2,1H3,(H,36,37)(H,30,31,33,34). The third-order valence-electron chi connectivity index (χ3n) is 6.21. The fraction of sp³-hybridized carbons (Fsp3) is 0.214. The molecule has 0 unspecified atom stereocenters. The third kappa shape index (κ3) is 5.61. The van der Waals surface area contributed by atoms with Crippen LogP contribution in [-0.4, -0.2) is 46.5 Å². The number of nitrogens with one attached hydrogen (secondary N) is 1. The molecule has 186 valence electrons. The number of aromatic carboxylic acids is 1. The number of carboxylic acid groups (broad SMARTS) is 1. The van der Waals surface area contributed by atoms with Crippen molar-refractivity contribution in [3.63, 3.8) is 0 Å². The summed E-state index contributed by atoms with van der Waals surface area (Å²) in [4.78, 5) is 15.9. The summed E-state index contributed by atoms with van der Waals surface area (Å²) in [6, 6.07) is 23.4. The van der Waals surface area contributed by atoms with Gasteiger partial charge in [0.15, 0.2) is 5.82 Å². The van der Waals surface area contributed by atoms with Crippen LogP contribution >= 0.6 is 0 Å². The zero-order valence-corrected chi connectivity index (χ0v) is 20.5. The normalized spacial score (nSPS) is 11.1. The van der Waals surface area contributed by atoms with E-state index in [1.165, 1.54) is 0 Å². The smallest absolute Gasteiger partial charge is 0.335 e. The third-order valence-corrected chi connectivity index (χ3v) is 6.21. The van der Waals surface area contributed by atoms with E-state index >= 15 is 0 Å². The molecule has 0 amide bonds. The van der Waals surface area contributed by atoms with E-state index in [0.717, 1.165) is 65.1 Å². The summed E-state index contributed by atoms with van der Waals surface area (Å²) in [5.74, 6) is 1.43. The van der Waals surface area contributed by atoms with Crippen LogP contribution in [0.1, 0.15) is 46.5 Å². The minimum absolute atomic E-state index is 0.292. The van der Waals surface area contributed by atoms with E-state index in [2.05, 4.69) is 57.9 Å². The number of hydrogen-bond donors (Lipinski definition) is 2. The van der Waals surface area contributed by atoms with Crippen molar-refractivity contribution < 1.29 is 9.90 Å². The number of tetrazole rings is 1. The van der Waals surface area contributed by atoms with Gasteiger partial charge in [0, 0.05) is 18.4 Å². The highest BCUT2D eigenvalue weighted by atomic mass is 16.4. The van der Waals surface area contributed by atoms with E-state index in [9.17, 15) is 4.79 Å². The highest BCUT2D eigenvalue weighted by Gasteiger charge is 2.13. The number of aromatic nitrogens is 7. The van der Waals surface area contributed by atoms with E-state index < -0.39 is 5.97 Å². The number of carbonyl (C=O) groups is 1. The van der Waals surface area contributed by atoms with Gasteiger partial charge in [-0.3, -0.25) is 0 Å². The van der Waals surface area contributed by atoms with Gasteiger partial charge in [-0.2, -0.15) is 10.3 Å². The molecule has 9 nitrogen and oxygen atoms in total. The lowest BCUT2D eigenvalue weighted by Crippen LogP contribution is -2.08. The van der Waals surface area contributed by atoms with Gasteiger partial charge in [-0.25, -0.2) is 14.5 Å². The molecule has 0 aliphatic heterocycles. The van der Waals surface area contributed by atoms with Crippen LogP contribution in [0.5, 0.6) is 0 Å². The monoisotopic (exact) mass is 493 g/mol. The van der Waals surface area contributed by atoms with Crippen LogP contribution in [0, 0.1) is 0 Å². The van der Waals surface area contributed by atoms with Crippen molar-refractivity contribution in [1.29, 1.82) is 0 Å². The Morgan fingerprint density at radius 3 is 2.30 bits per heavy atom. The highest BCUT2D eigenvalue weighted by Crippen LogP contribution is 2.29. The Bertz CT molecular complexity index is 1470. The number of benzene rings is 3. The van der Waals surface area contributed by atoms with E-state index in [1.54, 1.807) is 12.1 Å². The van der Waals surface area contributed by atoms with Crippen LogP contribution in [0.3, 0.4) is 0 Å². The Labute approximate surface area is 214 Å². The lowest BCUT2D eigenvalue weighted by atomic mass is 9.98. The van der Waals surface area contributed by atoms with E-state index in [0.29, 0.717) is 17.9 Å². The summed E-state index contributed by atoms with van der Waals surface area (Å²) in [5.41, 5.74) is 5.51. The topological polar surface area (TPSA) is 122 Å². The fourth-order valence-electron chi connectivity index (χ4n) is 4.31. The second-order valence-corrected chi connectivity index (χ2v) is 8.83. The molecule has 37 heavy (non-hydrogen) atoms. The first-order chi connectivity index (χ1) is 18.1. The molecule has 5 aromatic rings. The van der Waals surface area contributed by atoms with Crippen molar-refractivity contribution in [2.24, 2.45) is 0 Å². The van der Waals surface area contributed by atoms with Crippen LogP contribution in [0.2, 0.25) is 0 Å². The van der Waals surface area contributed by atoms with Crippen molar-refractivity contribution >= 4 is 5.97 Å². The average molecular weight is 494 g/mol. The number of aryl methyl sites for hydroxylation is 3. The first kappa shape index (κ1) is 24.1. The molecule has 0 saturated heterocycles. The molecule has 5 rings (SSSR count). The van der Waals surface area contributed by atoms with Crippen LogP contribution in [0.25, 0.3) is 22.5 Å². The minimum atomic E-state index is -0.917. The van der Waals surface area contributed by atoms with Crippen molar-refractivity contribution in [2.45, 2.75) is 39.2 Å². The molecule has 0 atom stereocenters. The second-order valence-electron chi connectivity index (χ2n) is 8.83. The molecule has 3 aromatic carbocycles. The van der Waals surface area contributed by atoms with Gasteiger partial charge in [-0.05, 0) is 52.4 Å². The lowest BCUT2D eigenvalue weighted by Gasteiger charge is -2.09. The van der Waals surface area contributed by atoms with Gasteiger partial charge < -0.3 is 5.11 Å². The molecule has 9 heteroatoms. The van der Waals surface area contributed by atoms with Crippen molar-refractivity contribution in [2.75, 3.05) is 0 Å².